The molecule has 0 aromatic heterocycles. The second kappa shape index (κ2) is 9.32. The second-order valence-corrected chi connectivity index (χ2v) is 7.02. The van der Waals surface area contributed by atoms with Gasteiger partial charge in [0.15, 0.2) is 0 Å². The molecule has 1 amide bonds. The molecule has 28 heavy (non-hydrogen) atoms. The number of carbonyl (C=O) groups is 1. The van der Waals surface area contributed by atoms with Gasteiger partial charge in [-0.05, 0) is 31.2 Å². The summed E-state index contributed by atoms with van der Waals surface area (Å²) >= 11 is 0. The van der Waals surface area contributed by atoms with E-state index in [-0.39, 0.29) is 31.0 Å². The maximum Gasteiger partial charge on any atom is 0.410 e. The molecule has 3 rings (SSSR count). The first kappa shape index (κ1) is 19.8. The number of nitrogens with zero attached hydrogens (tertiary/aromatic N) is 2. The van der Waals surface area contributed by atoms with Gasteiger partial charge in [-0.2, -0.15) is 0 Å². The number of hydrogen-bond donors (Lipinski definition) is 1. The lowest BCUT2D eigenvalue weighted by Gasteiger charge is -2.35. The van der Waals surface area contributed by atoms with Crippen molar-refractivity contribution in [3.8, 4) is 0 Å². The zero-order chi connectivity index (χ0) is 19.9. The van der Waals surface area contributed by atoms with E-state index in [0.29, 0.717) is 31.2 Å². The molecule has 0 bridgehead atoms. The van der Waals surface area contributed by atoms with Crippen LogP contribution in [0.1, 0.15) is 36.8 Å². The van der Waals surface area contributed by atoms with Crippen LogP contribution in [-0.4, -0.2) is 33.2 Å². The number of ether oxygens (including phenoxy) is 1. The van der Waals surface area contributed by atoms with Gasteiger partial charge in [0.25, 0.3) is 5.69 Å². The second-order valence-electron chi connectivity index (χ2n) is 7.02. The van der Waals surface area contributed by atoms with E-state index in [1.807, 2.05) is 30.3 Å². The lowest BCUT2D eigenvalue weighted by molar-refractivity contribution is -0.385. The molecule has 1 aliphatic carbocycles. The minimum atomic E-state index is -0.497. The van der Waals surface area contributed by atoms with Crippen LogP contribution in [-0.2, 0) is 17.9 Å². The Hall–Kier alpha value is -2.93. The Labute approximate surface area is 163 Å². The Morgan fingerprint density at radius 2 is 1.71 bits per heavy atom. The molecule has 0 unspecified atom stereocenters. The predicted molar refractivity (Wildman–Crippen MR) is 104 cm³/mol. The van der Waals surface area contributed by atoms with Crippen molar-refractivity contribution < 1.29 is 19.6 Å². The molecule has 0 heterocycles. The first-order valence-electron chi connectivity index (χ1n) is 9.42. The normalized spacial score (nSPS) is 19.0. The molecule has 0 spiro atoms. The van der Waals surface area contributed by atoms with Gasteiger partial charge < -0.3 is 14.7 Å². The maximum atomic E-state index is 12.9. The van der Waals surface area contributed by atoms with E-state index in [1.165, 1.54) is 6.07 Å². The van der Waals surface area contributed by atoms with E-state index < -0.39 is 11.0 Å². The Balaban J connectivity index is 1.77. The largest absolute Gasteiger partial charge is 0.445 e. The van der Waals surface area contributed by atoms with Crippen LogP contribution in [0.3, 0.4) is 0 Å². The molecule has 1 aliphatic rings. The quantitative estimate of drug-likeness (QED) is 0.599. The fraction of sp³-hybridized carbons (Fsp3) is 0.381. The molecular formula is C21H24N2O5. The third-order valence-corrected chi connectivity index (χ3v) is 5.08. The minimum absolute atomic E-state index is 0.0146. The Kier molecular flexibility index (Phi) is 6.60. The number of benzene rings is 2. The van der Waals surface area contributed by atoms with Gasteiger partial charge in [0.1, 0.15) is 6.61 Å². The molecule has 1 fully saturated rings. The zero-order valence-electron chi connectivity index (χ0n) is 15.6. The van der Waals surface area contributed by atoms with Crippen molar-refractivity contribution in [1.29, 1.82) is 0 Å². The van der Waals surface area contributed by atoms with Crippen molar-refractivity contribution in [2.24, 2.45) is 0 Å². The fourth-order valence-corrected chi connectivity index (χ4v) is 3.52. The van der Waals surface area contributed by atoms with Crippen LogP contribution in [0.15, 0.2) is 54.6 Å². The number of hydrogen-bond acceptors (Lipinski definition) is 5. The number of rotatable bonds is 6. The van der Waals surface area contributed by atoms with Gasteiger partial charge in [0.2, 0.25) is 0 Å². The lowest BCUT2D eigenvalue weighted by Crippen LogP contribution is -2.43. The Morgan fingerprint density at radius 1 is 1.07 bits per heavy atom. The highest BCUT2D eigenvalue weighted by Gasteiger charge is 2.30. The van der Waals surface area contributed by atoms with Crippen LogP contribution in [0.25, 0.3) is 0 Å². The summed E-state index contributed by atoms with van der Waals surface area (Å²) in [5.41, 5.74) is 1.33. The number of carbonyl (C=O) groups excluding carboxylic acids is 1. The third kappa shape index (κ3) is 5.07. The Bertz CT molecular complexity index is 803. The first-order chi connectivity index (χ1) is 13.5. The SMILES string of the molecule is O=C(OCc1ccccc1)N(Cc1ccccc1[N+](=O)[O-])C1CCC(O)CC1. The van der Waals surface area contributed by atoms with Gasteiger partial charge in [-0.15, -0.1) is 0 Å². The molecule has 0 radical (unpaired) electrons. The van der Waals surface area contributed by atoms with Crippen molar-refractivity contribution in [1.82, 2.24) is 4.90 Å². The fourth-order valence-electron chi connectivity index (χ4n) is 3.52. The van der Waals surface area contributed by atoms with Crippen LogP contribution in [0.5, 0.6) is 0 Å². The molecule has 1 saturated carbocycles. The minimum Gasteiger partial charge on any atom is -0.445 e. The summed E-state index contributed by atoms with van der Waals surface area (Å²) in [6.45, 7) is 0.244. The van der Waals surface area contributed by atoms with E-state index in [1.54, 1.807) is 23.1 Å². The van der Waals surface area contributed by atoms with Crippen LogP contribution < -0.4 is 0 Å². The molecular weight excluding hydrogens is 360 g/mol. The van der Waals surface area contributed by atoms with Crippen molar-refractivity contribution in [2.45, 2.75) is 51.0 Å². The van der Waals surface area contributed by atoms with Crippen LogP contribution >= 0.6 is 0 Å². The summed E-state index contributed by atoms with van der Waals surface area (Å²) < 4.78 is 5.50. The van der Waals surface area contributed by atoms with Gasteiger partial charge in [-0.3, -0.25) is 10.1 Å². The highest BCUT2D eigenvalue weighted by molar-refractivity contribution is 5.68. The maximum absolute atomic E-state index is 12.9. The lowest BCUT2D eigenvalue weighted by atomic mass is 9.92. The highest BCUT2D eigenvalue weighted by atomic mass is 16.6. The third-order valence-electron chi connectivity index (χ3n) is 5.08. The summed E-state index contributed by atoms with van der Waals surface area (Å²) in [6, 6.07) is 15.7. The van der Waals surface area contributed by atoms with Gasteiger partial charge >= 0.3 is 6.09 Å². The standard InChI is InChI=1S/C21H24N2O5/c24-19-12-10-18(11-13-19)22(14-17-8-4-5-9-20(17)23(26)27)21(25)28-15-16-6-2-1-3-7-16/h1-9,18-19,24H,10-15H2. The molecule has 148 valence electrons. The van der Waals surface area contributed by atoms with Gasteiger partial charge in [0, 0.05) is 17.7 Å². The van der Waals surface area contributed by atoms with Crippen molar-refractivity contribution in [3.05, 3.63) is 75.8 Å². The van der Waals surface area contributed by atoms with Gasteiger partial charge in [-0.1, -0.05) is 48.5 Å². The number of para-hydroxylation sites is 1. The number of aliphatic hydroxyl groups is 1. The molecule has 0 aliphatic heterocycles. The predicted octanol–water partition coefficient (Wildman–Crippen LogP) is 4.04. The number of nitro groups is 1. The zero-order valence-corrected chi connectivity index (χ0v) is 15.6. The average molecular weight is 384 g/mol. The summed E-state index contributed by atoms with van der Waals surface area (Å²) in [5.74, 6) is 0. The van der Waals surface area contributed by atoms with Crippen molar-refractivity contribution in [3.63, 3.8) is 0 Å². The first-order valence-corrected chi connectivity index (χ1v) is 9.42. The Morgan fingerprint density at radius 3 is 2.39 bits per heavy atom. The molecule has 0 atom stereocenters. The number of nitro benzene ring substituents is 1. The van der Waals surface area contributed by atoms with Crippen molar-refractivity contribution >= 4 is 11.8 Å². The van der Waals surface area contributed by atoms with Crippen LogP contribution in [0, 0.1) is 10.1 Å². The molecule has 0 saturated heterocycles. The highest BCUT2D eigenvalue weighted by Crippen LogP contribution is 2.28. The summed E-state index contributed by atoms with van der Waals surface area (Å²) in [6.07, 6.45) is 1.63. The molecule has 7 nitrogen and oxygen atoms in total. The topological polar surface area (TPSA) is 92.9 Å². The van der Waals surface area contributed by atoms with Gasteiger partial charge in [0.05, 0.1) is 17.6 Å². The molecule has 2 aromatic carbocycles. The van der Waals surface area contributed by atoms with E-state index in [4.69, 9.17) is 4.74 Å². The van der Waals surface area contributed by atoms with Crippen molar-refractivity contribution in [2.75, 3.05) is 0 Å². The average Bonchev–Trinajstić information content (AvgIpc) is 2.72. The van der Waals surface area contributed by atoms with E-state index in [0.717, 1.165) is 5.56 Å². The van der Waals surface area contributed by atoms with Gasteiger partial charge in [-0.25, -0.2) is 4.79 Å². The molecule has 1 N–H and O–H groups in total. The monoisotopic (exact) mass is 384 g/mol. The van der Waals surface area contributed by atoms with Crippen LogP contribution in [0.2, 0.25) is 0 Å². The number of aliphatic hydroxyl groups excluding tert-OH is 1. The van der Waals surface area contributed by atoms with E-state index >= 15 is 0 Å². The summed E-state index contributed by atoms with van der Waals surface area (Å²) in [7, 11) is 0. The van der Waals surface area contributed by atoms with Crippen LogP contribution in [0.4, 0.5) is 10.5 Å². The molecule has 2 aromatic rings. The van der Waals surface area contributed by atoms with E-state index in [2.05, 4.69) is 0 Å². The molecule has 7 heteroatoms. The smallest absolute Gasteiger partial charge is 0.410 e. The summed E-state index contributed by atoms with van der Waals surface area (Å²) in [4.78, 5) is 25.3. The van der Waals surface area contributed by atoms with E-state index in [9.17, 15) is 20.0 Å². The summed E-state index contributed by atoms with van der Waals surface area (Å²) in [5, 5.41) is 21.1. The number of amides is 1.